The number of aryl methyl sites for hydroxylation is 1. The van der Waals surface area contributed by atoms with Gasteiger partial charge in [0.1, 0.15) is 11.9 Å². The first kappa shape index (κ1) is 20.2. The van der Waals surface area contributed by atoms with E-state index in [0.717, 1.165) is 22.3 Å². The van der Waals surface area contributed by atoms with Gasteiger partial charge in [0.2, 0.25) is 0 Å². The molecular weight excluding hydrogens is 378 g/mol. The molecule has 0 saturated heterocycles. The van der Waals surface area contributed by atoms with Gasteiger partial charge < -0.3 is 14.7 Å². The number of nitrogens with zero attached hydrogens (tertiary/aromatic N) is 3. The van der Waals surface area contributed by atoms with Crippen molar-refractivity contribution in [1.29, 1.82) is 0 Å². The van der Waals surface area contributed by atoms with Crippen molar-refractivity contribution in [2.45, 2.75) is 45.6 Å². The summed E-state index contributed by atoms with van der Waals surface area (Å²) in [6.45, 7) is 4.76. The van der Waals surface area contributed by atoms with Crippen LogP contribution < -0.4 is 4.74 Å². The van der Waals surface area contributed by atoms with Crippen LogP contribution in [0.1, 0.15) is 41.8 Å². The lowest BCUT2D eigenvalue weighted by Gasteiger charge is -2.21. The van der Waals surface area contributed by atoms with Crippen molar-refractivity contribution in [2.24, 2.45) is 7.05 Å². The van der Waals surface area contributed by atoms with E-state index >= 15 is 0 Å². The lowest BCUT2D eigenvalue weighted by Crippen LogP contribution is -2.29. The Morgan fingerprint density at radius 3 is 2.57 bits per heavy atom. The van der Waals surface area contributed by atoms with Crippen LogP contribution in [-0.4, -0.2) is 37.9 Å². The predicted octanol–water partition coefficient (Wildman–Crippen LogP) is 3.78. The van der Waals surface area contributed by atoms with Crippen molar-refractivity contribution >= 4 is 5.91 Å². The zero-order chi connectivity index (χ0) is 21.3. The number of rotatable bonds is 7. The van der Waals surface area contributed by atoms with Crippen molar-refractivity contribution in [1.82, 2.24) is 14.7 Å². The molecule has 1 N–H and O–H groups in total. The number of ether oxygens (including phenoxy) is 1. The third kappa shape index (κ3) is 3.96. The maximum atomic E-state index is 13.1. The molecule has 0 bridgehead atoms. The summed E-state index contributed by atoms with van der Waals surface area (Å²) in [5.74, 6) is 0.525. The molecule has 1 aliphatic heterocycles. The van der Waals surface area contributed by atoms with Crippen molar-refractivity contribution in [2.75, 3.05) is 0 Å². The Kier molecular flexibility index (Phi) is 5.59. The van der Waals surface area contributed by atoms with Gasteiger partial charge in [-0.3, -0.25) is 9.48 Å². The average molecular weight is 405 g/mol. The average Bonchev–Trinajstić information content (AvgIpc) is 3.30. The topological polar surface area (TPSA) is 67.6 Å². The Morgan fingerprint density at radius 1 is 1.17 bits per heavy atom. The number of fused-ring (bicyclic) bond motifs is 1. The molecule has 6 nitrogen and oxygen atoms in total. The van der Waals surface area contributed by atoms with E-state index in [2.05, 4.69) is 29.4 Å². The maximum absolute atomic E-state index is 13.1. The van der Waals surface area contributed by atoms with Gasteiger partial charge in [-0.2, -0.15) is 5.10 Å². The molecule has 0 unspecified atom stereocenters. The van der Waals surface area contributed by atoms with Crippen LogP contribution in [0.4, 0.5) is 0 Å². The fourth-order valence-corrected chi connectivity index (χ4v) is 3.89. The van der Waals surface area contributed by atoms with Crippen LogP contribution in [0.5, 0.6) is 5.75 Å². The molecule has 0 fully saturated rings. The second-order valence-corrected chi connectivity index (χ2v) is 7.86. The Balaban J connectivity index is 1.50. The van der Waals surface area contributed by atoms with Crippen LogP contribution in [0, 0.1) is 0 Å². The molecule has 6 heteroatoms. The number of aromatic nitrogens is 2. The van der Waals surface area contributed by atoms with Gasteiger partial charge in [0, 0.05) is 31.9 Å². The van der Waals surface area contributed by atoms with Gasteiger partial charge in [-0.05, 0) is 36.1 Å². The summed E-state index contributed by atoms with van der Waals surface area (Å²) in [7, 11) is 1.90. The van der Waals surface area contributed by atoms with E-state index in [1.807, 2.05) is 49.5 Å². The van der Waals surface area contributed by atoms with Crippen LogP contribution >= 0.6 is 0 Å². The van der Waals surface area contributed by atoms with Crippen molar-refractivity contribution < 1.29 is 14.6 Å². The monoisotopic (exact) mass is 405 g/mol. The number of benzene rings is 2. The number of carbonyl (C=O) groups excluding carboxylic acids is 1. The molecule has 0 spiro atoms. The summed E-state index contributed by atoms with van der Waals surface area (Å²) in [5, 5.41) is 14.1. The molecule has 4 rings (SSSR count). The normalized spacial score (nSPS) is 15.2. The predicted molar refractivity (Wildman–Crippen MR) is 115 cm³/mol. The van der Waals surface area contributed by atoms with Gasteiger partial charge in [-0.15, -0.1) is 0 Å². The standard InChI is InChI=1S/C24H27N3O3/c1-4-21(16(2)28)30-22-7-5-6-19-15-27(24(29)23(19)22)13-17-8-10-18(11-9-17)20-12-25-26(3)14-20/h5-12,14,16,21,28H,4,13,15H2,1-3H3/t16-,21-/m0/s1. The van der Waals surface area contributed by atoms with Crippen LogP contribution in [0.2, 0.25) is 0 Å². The summed E-state index contributed by atoms with van der Waals surface area (Å²) in [5.41, 5.74) is 4.82. The van der Waals surface area contributed by atoms with Gasteiger partial charge in [-0.25, -0.2) is 0 Å². The Labute approximate surface area is 176 Å². The fourth-order valence-electron chi connectivity index (χ4n) is 3.89. The molecular formula is C24H27N3O3. The largest absolute Gasteiger partial charge is 0.487 e. The number of hydrogen-bond acceptors (Lipinski definition) is 4. The quantitative estimate of drug-likeness (QED) is 0.650. The first-order chi connectivity index (χ1) is 14.5. The highest BCUT2D eigenvalue weighted by atomic mass is 16.5. The van der Waals surface area contributed by atoms with E-state index in [4.69, 9.17) is 4.74 Å². The van der Waals surface area contributed by atoms with E-state index < -0.39 is 6.10 Å². The van der Waals surface area contributed by atoms with Gasteiger partial charge >= 0.3 is 0 Å². The van der Waals surface area contributed by atoms with Crippen LogP contribution in [0.15, 0.2) is 54.9 Å². The molecule has 0 saturated carbocycles. The third-order valence-corrected chi connectivity index (χ3v) is 5.56. The minimum Gasteiger partial charge on any atom is -0.487 e. The number of aliphatic hydroxyl groups is 1. The number of hydrogen-bond donors (Lipinski definition) is 1. The number of aliphatic hydroxyl groups excluding tert-OH is 1. The van der Waals surface area contributed by atoms with E-state index in [9.17, 15) is 9.90 Å². The van der Waals surface area contributed by atoms with Crippen LogP contribution in [-0.2, 0) is 20.1 Å². The molecule has 30 heavy (non-hydrogen) atoms. The molecule has 2 atom stereocenters. The summed E-state index contributed by atoms with van der Waals surface area (Å²) in [6, 6.07) is 13.9. The minimum absolute atomic E-state index is 0.0302. The summed E-state index contributed by atoms with van der Waals surface area (Å²) in [4.78, 5) is 15.0. The van der Waals surface area contributed by atoms with Crippen molar-refractivity contribution in [3.05, 3.63) is 71.5 Å². The Hall–Kier alpha value is -3.12. The molecule has 1 aromatic heterocycles. The molecule has 0 aliphatic carbocycles. The number of carbonyl (C=O) groups is 1. The summed E-state index contributed by atoms with van der Waals surface area (Å²) >= 11 is 0. The molecule has 0 radical (unpaired) electrons. The highest BCUT2D eigenvalue weighted by Gasteiger charge is 2.31. The molecule has 156 valence electrons. The van der Waals surface area contributed by atoms with E-state index in [-0.39, 0.29) is 12.0 Å². The lowest BCUT2D eigenvalue weighted by molar-refractivity contribution is 0.0452. The lowest BCUT2D eigenvalue weighted by atomic mass is 10.1. The molecule has 1 aliphatic rings. The first-order valence-corrected chi connectivity index (χ1v) is 10.3. The second-order valence-electron chi connectivity index (χ2n) is 7.86. The zero-order valence-electron chi connectivity index (χ0n) is 17.6. The first-order valence-electron chi connectivity index (χ1n) is 10.3. The smallest absolute Gasteiger partial charge is 0.258 e. The van der Waals surface area contributed by atoms with Crippen LogP contribution in [0.3, 0.4) is 0 Å². The zero-order valence-corrected chi connectivity index (χ0v) is 17.6. The summed E-state index contributed by atoms with van der Waals surface area (Å²) < 4.78 is 7.78. The fraction of sp³-hybridized carbons (Fsp3) is 0.333. The van der Waals surface area contributed by atoms with Crippen molar-refractivity contribution in [3.8, 4) is 16.9 Å². The van der Waals surface area contributed by atoms with E-state index in [1.165, 1.54) is 0 Å². The Bertz CT molecular complexity index is 1040. The minimum atomic E-state index is -0.600. The maximum Gasteiger partial charge on any atom is 0.258 e. The van der Waals surface area contributed by atoms with Gasteiger partial charge in [0.15, 0.2) is 0 Å². The highest BCUT2D eigenvalue weighted by molar-refractivity contribution is 6.01. The second kappa shape index (κ2) is 8.32. The molecule has 1 amide bonds. The Morgan fingerprint density at radius 2 is 1.93 bits per heavy atom. The molecule has 3 aromatic rings. The highest BCUT2D eigenvalue weighted by Crippen LogP contribution is 2.33. The molecule has 2 aromatic carbocycles. The van der Waals surface area contributed by atoms with Gasteiger partial charge in [0.05, 0.1) is 17.9 Å². The van der Waals surface area contributed by atoms with E-state index in [0.29, 0.717) is 30.8 Å². The summed E-state index contributed by atoms with van der Waals surface area (Å²) in [6.07, 6.45) is 3.56. The van der Waals surface area contributed by atoms with E-state index in [1.54, 1.807) is 11.6 Å². The van der Waals surface area contributed by atoms with Gasteiger partial charge in [0.25, 0.3) is 5.91 Å². The van der Waals surface area contributed by atoms with Crippen LogP contribution in [0.25, 0.3) is 11.1 Å². The molecule has 2 heterocycles. The SMILES string of the molecule is CC[C@H](Oc1cccc2c1C(=O)N(Cc1ccc(-c3cnn(C)c3)cc1)C2)[C@H](C)O. The number of amides is 1. The third-order valence-electron chi connectivity index (χ3n) is 5.56. The van der Waals surface area contributed by atoms with Crippen molar-refractivity contribution in [3.63, 3.8) is 0 Å². The van der Waals surface area contributed by atoms with Gasteiger partial charge in [-0.1, -0.05) is 43.3 Å².